The van der Waals surface area contributed by atoms with Crippen LogP contribution >= 0.6 is 11.3 Å². The van der Waals surface area contributed by atoms with Gasteiger partial charge in [-0.05, 0) is 30.2 Å². The molecule has 0 saturated heterocycles. The summed E-state index contributed by atoms with van der Waals surface area (Å²) in [4.78, 5) is 27.8. The van der Waals surface area contributed by atoms with Gasteiger partial charge >= 0.3 is 0 Å². The molecule has 0 atom stereocenters. The van der Waals surface area contributed by atoms with Gasteiger partial charge in [-0.15, -0.1) is 10.2 Å². The van der Waals surface area contributed by atoms with Gasteiger partial charge in [-0.3, -0.25) is 9.59 Å². The van der Waals surface area contributed by atoms with Crippen LogP contribution in [0.2, 0.25) is 0 Å². The molecule has 3 aromatic carbocycles. The number of nitrogens with zero attached hydrogens (tertiary/aromatic N) is 3. The molecule has 7 heteroatoms. The summed E-state index contributed by atoms with van der Waals surface area (Å²) in [7, 11) is 0. The molecule has 4 aromatic rings. The number of unbranched alkanes of at least 4 members (excludes halogenated alkanes) is 1. The molecule has 6 nitrogen and oxygen atoms in total. The van der Waals surface area contributed by atoms with E-state index >= 15 is 0 Å². The van der Waals surface area contributed by atoms with E-state index in [-0.39, 0.29) is 18.2 Å². The Morgan fingerprint density at radius 3 is 2.50 bits per heavy atom. The average Bonchev–Trinajstić information content (AvgIpc) is 3.32. The van der Waals surface area contributed by atoms with Crippen molar-refractivity contribution in [3.05, 3.63) is 77.9 Å². The summed E-state index contributed by atoms with van der Waals surface area (Å²) in [6, 6.07) is 21.7. The number of carbonyl (C=O) groups is 2. The number of aromatic nitrogens is 2. The number of rotatable bonds is 9. The predicted molar refractivity (Wildman–Crippen MR) is 138 cm³/mol. The number of fused-ring (bicyclic) bond motifs is 1. The first kappa shape index (κ1) is 23.6. The number of hydrogen-bond acceptors (Lipinski definition) is 5. The van der Waals surface area contributed by atoms with Gasteiger partial charge in [0, 0.05) is 30.6 Å². The molecule has 34 heavy (non-hydrogen) atoms. The Balaban J connectivity index is 1.41. The van der Waals surface area contributed by atoms with Gasteiger partial charge in [-0.1, -0.05) is 90.9 Å². The van der Waals surface area contributed by atoms with E-state index < -0.39 is 0 Å². The number of anilines is 1. The van der Waals surface area contributed by atoms with Crippen molar-refractivity contribution in [3.8, 4) is 10.6 Å². The monoisotopic (exact) mass is 472 g/mol. The highest BCUT2D eigenvalue weighted by Crippen LogP contribution is 2.26. The van der Waals surface area contributed by atoms with Crippen LogP contribution in [0.1, 0.15) is 42.1 Å². The lowest BCUT2D eigenvalue weighted by molar-refractivity contribution is -0.116. The molecule has 0 radical (unpaired) electrons. The van der Waals surface area contributed by atoms with Crippen molar-refractivity contribution in [3.63, 3.8) is 0 Å². The summed E-state index contributed by atoms with van der Waals surface area (Å²) in [6.07, 6.45) is 2.05. The van der Waals surface area contributed by atoms with Gasteiger partial charge in [-0.25, -0.2) is 0 Å². The van der Waals surface area contributed by atoms with Crippen molar-refractivity contribution >= 4 is 39.1 Å². The molecule has 1 N–H and O–H groups in total. The highest BCUT2D eigenvalue weighted by molar-refractivity contribution is 7.18. The highest BCUT2D eigenvalue weighted by atomic mass is 32.1. The maximum absolute atomic E-state index is 13.4. The third-order valence-corrected chi connectivity index (χ3v) is 6.56. The topological polar surface area (TPSA) is 75.2 Å². The van der Waals surface area contributed by atoms with E-state index in [4.69, 9.17) is 0 Å². The zero-order valence-corrected chi connectivity index (χ0v) is 20.3. The van der Waals surface area contributed by atoms with Crippen molar-refractivity contribution < 1.29 is 9.59 Å². The Labute approximate surface area is 203 Å². The number of hydrogen-bond donors (Lipinski definition) is 1. The maximum atomic E-state index is 13.4. The van der Waals surface area contributed by atoms with Gasteiger partial charge < -0.3 is 10.2 Å². The van der Waals surface area contributed by atoms with Crippen LogP contribution in [0.15, 0.2) is 66.7 Å². The summed E-state index contributed by atoms with van der Waals surface area (Å²) < 4.78 is 0. The first-order chi connectivity index (χ1) is 16.5. The normalized spacial score (nSPS) is 10.9. The average molecular weight is 473 g/mol. The molecule has 0 spiro atoms. The molecule has 0 bridgehead atoms. The molecule has 2 amide bonds. The van der Waals surface area contributed by atoms with Crippen LogP contribution in [0.4, 0.5) is 5.13 Å². The molecule has 0 saturated carbocycles. The second-order valence-electron chi connectivity index (χ2n) is 8.25. The summed E-state index contributed by atoms with van der Waals surface area (Å²) in [5, 5.41) is 14.3. The number of aryl methyl sites for hydroxylation is 1. The first-order valence-electron chi connectivity index (χ1n) is 11.5. The van der Waals surface area contributed by atoms with Gasteiger partial charge in [0.1, 0.15) is 5.01 Å². The minimum absolute atomic E-state index is 0.0457. The molecule has 0 unspecified atom stereocenters. The molecule has 4 rings (SSSR count). The highest BCUT2D eigenvalue weighted by Gasteiger charge is 2.19. The Morgan fingerprint density at radius 1 is 0.941 bits per heavy atom. The number of benzene rings is 3. The fourth-order valence-corrected chi connectivity index (χ4v) is 4.52. The number of nitrogens with one attached hydrogen (secondary N) is 1. The quantitative estimate of drug-likeness (QED) is 0.327. The van der Waals surface area contributed by atoms with Crippen molar-refractivity contribution in [2.45, 2.75) is 33.1 Å². The van der Waals surface area contributed by atoms with Crippen molar-refractivity contribution in [2.75, 3.05) is 18.4 Å². The van der Waals surface area contributed by atoms with Gasteiger partial charge in [-0.2, -0.15) is 0 Å². The molecule has 0 aliphatic carbocycles. The molecule has 0 aliphatic rings. The largest absolute Gasteiger partial charge is 0.338 e. The number of carbonyl (C=O) groups excluding carboxylic acids is 2. The summed E-state index contributed by atoms with van der Waals surface area (Å²) in [5.74, 6) is -0.227. The Kier molecular flexibility index (Phi) is 7.65. The van der Waals surface area contributed by atoms with E-state index in [9.17, 15) is 9.59 Å². The van der Waals surface area contributed by atoms with Gasteiger partial charge in [0.05, 0.1) is 0 Å². The lowest BCUT2D eigenvalue weighted by Gasteiger charge is -2.23. The van der Waals surface area contributed by atoms with Crippen molar-refractivity contribution in [1.29, 1.82) is 0 Å². The summed E-state index contributed by atoms with van der Waals surface area (Å²) >= 11 is 1.34. The molecule has 1 aromatic heterocycles. The molecule has 0 aliphatic heterocycles. The second kappa shape index (κ2) is 11.0. The van der Waals surface area contributed by atoms with Crippen LogP contribution in [0.3, 0.4) is 0 Å². The smallest absolute Gasteiger partial charge is 0.254 e. The third kappa shape index (κ3) is 5.66. The Morgan fingerprint density at radius 2 is 1.71 bits per heavy atom. The minimum Gasteiger partial charge on any atom is -0.338 e. The van der Waals surface area contributed by atoms with E-state index in [0.717, 1.165) is 34.2 Å². The van der Waals surface area contributed by atoms with Crippen LogP contribution in [-0.2, 0) is 4.79 Å². The first-order valence-corrected chi connectivity index (χ1v) is 12.3. The lowest BCUT2D eigenvalue weighted by atomic mass is 10.0. The van der Waals surface area contributed by atoms with E-state index in [1.807, 2.05) is 73.7 Å². The SMILES string of the molecule is CCCCN(CCC(=O)Nc1nnc(-c2ccc(C)cc2)s1)C(=O)c1cccc2ccccc12. The van der Waals surface area contributed by atoms with E-state index in [1.165, 1.54) is 16.9 Å². The van der Waals surface area contributed by atoms with Crippen molar-refractivity contribution in [1.82, 2.24) is 15.1 Å². The van der Waals surface area contributed by atoms with E-state index in [2.05, 4.69) is 22.4 Å². The predicted octanol–water partition coefficient (Wildman–Crippen LogP) is 5.94. The number of amides is 2. The fraction of sp³-hybridized carbons (Fsp3) is 0.259. The van der Waals surface area contributed by atoms with Gasteiger partial charge in [0.15, 0.2) is 0 Å². The van der Waals surface area contributed by atoms with E-state index in [1.54, 1.807) is 4.90 Å². The Hall–Kier alpha value is -3.58. The summed E-state index contributed by atoms with van der Waals surface area (Å²) in [5.41, 5.74) is 2.81. The van der Waals surface area contributed by atoms with E-state index in [0.29, 0.717) is 23.8 Å². The molecule has 0 fully saturated rings. The van der Waals surface area contributed by atoms with Crippen LogP contribution < -0.4 is 5.32 Å². The van der Waals surface area contributed by atoms with Gasteiger partial charge in [0.25, 0.3) is 5.91 Å². The molecule has 174 valence electrons. The zero-order chi connectivity index (χ0) is 23.9. The fourth-order valence-electron chi connectivity index (χ4n) is 3.75. The van der Waals surface area contributed by atoms with Crippen molar-refractivity contribution in [2.24, 2.45) is 0 Å². The third-order valence-electron chi connectivity index (χ3n) is 5.67. The second-order valence-corrected chi connectivity index (χ2v) is 9.23. The minimum atomic E-state index is -0.182. The van der Waals surface area contributed by atoms with Crippen LogP contribution in [0.5, 0.6) is 0 Å². The molecule has 1 heterocycles. The Bertz CT molecular complexity index is 1280. The van der Waals surface area contributed by atoms with Gasteiger partial charge in [0.2, 0.25) is 11.0 Å². The molecular weight excluding hydrogens is 444 g/mol. The maximum Gasteiger partial charge on any atom is 0.254 e. The summed E-state index contributed by atoms with van der Waals surface area (Å²) in [6.45, 7) is 5.08. The van der Waals surface area contributed by atoms with Crippen LogP contribution in [0.25, 0.3) is 21.3 Å². The van der Waals surface area contributed by atoms with Crippen LogP contribution in [0, 0.1) is 6.92 Å². The molecular formula is C27H28N4O2S. The standard InChI is InChI=1S/C27H28N4O2S/c1-3-4-17-31(26(33)23-11-7-9-20-8-5-6-10-22(20)23)18-16-24(32)28-27-30-29-25(34-27)21-14-12-19(2)13-15-21/h5-15H,3-4,16-18H2,1-2H3,(H,28,30,32). The lowest BCUT2D eigenvalue weighted by Crippen LogP contribution is -2.34. The van der Waals surface area contributed by atoms with Crippen LogP contribution in [-0.4, -0.2) is 40.0 Å². The zero-order valence-electron chi connectivity index (χ0n) is 19.5.